The molecular formula is C13H26N2O2. The van der Waals surface area contributed by atoms with Crippen molar-refractivity contribution in [1.29, 1.82) is 0 Å². The normalized spacial score (nSPS) is 24.8. The highest BCUT2D eigenvalue weighted by molar-refractivity contribution is 5.60. The smallest absolute Gasteiger partial charge is 0.129 e. The zero-order valence-electron chi connectivity index (χ0n) is 11.4. The van der Waals surface area contributed by atoms with Crippen LogP contribution in [-0.4, -0.2) is 69.6 Å². The van der Waals surface area contributed by atoms with Crippen molar-refractivity contribution >= 4 is 6.29 Å². The molecule has 0 saturated carbocycles. The van der Waals surface area contributed by atoms with Gasteiger partial charge in [0.05, 0.1) is 12.0 Å². The Labute approximate surface area is 105 Å². The van der Waals surface area contributed by atoms with Gasteiger partial charge in [0.25, 0.3) is 0 Å². The minimum absolute atomic E-state index is 0.242. The van der Waals surface area contributed by atoms with Crippen LogP contribution in [0.15, 0.2) is 0 Å². The van der Waals surface area contributed by atoms with E-state index in [1.54, 1.807) is 0 Å². The van der Waals surface area contributed by atoms with E-state index in [0.29, 0.717) is 6.61 Å². The van der Waals surface area contributed by atoms with E-state index in [9.17, 15) is 4.79 Å². The number of carbonyl (C=O) groups excluding carboxylic acids is 1. The van der Waals surface area contributed by atoms with Crippen LogP contribution in [0.4, 0.5) is 0 Å². The molecule has 0 aliphatic carbocycles. The fourth-order valence-electron chi connectivity index (χ4n) is 2.28. The van der Waals surface area contributed by atoms with Crippen LogP contribution in [0.2, 0.25) is 0 Å². The van der Waals surface area contributed by atoms with E-state index < -0.39 is 0 Å². The summed E-state index contributed by atoms with van der Waals surface area (Å²) in [6, 6.07) is 0. The number of aldehydes is 1. The van der Waals surface area contributed by atoms with Gasteiger partial charge >= 0.3 is 0 Å². The third-order valence-electron chi connectivity index (χ3n) is 3.45. The van der Waals surface area contributed by atoms with E-state index >= 15 is 0 Å². The molecule has 0 N–H and O–H groups in total. The Balaban J connectivity index is 2.37. The van der Waals surface area contributed by atoms with E-state index in [4.69, 9.17) is 4.74 Å². The molecule has 0 aromatic carbocycles. The maximum Gasteiger partial charge on any atom is 0.129 e. The number of nitrogens with zero attached hydrogens (tertiary/aromatic N) is 2. The molecule has 0 radical (unpaired) electrons. The van der Waals surface area contributed by atoms with E-state index in [2.05, 4.69) is 30.8 Å². The largest absolute Gasteiger partial charge is 0.380 e. The average molecular weight is 242 g/mol. The van der Waals surface area contributed by atoms with Crippen molar-refractivity contribution in [2.75, 3.05) is 53.5 Å². The molecular weight excluding hydrogens is 216 g/mol. The topological polar surface area (TPSA) is 32.8 Å². The van der Waals surface area contributed by atoms with Gasteiger partial charge in [0, 0.05) is 13.2 Å². The maximum atomic E-state index is 11.2. The van der Waals surface area contributed by atoms with Crippen molar-refractivity contribution in [3.8, 4) is 0 Å². The maximum absolute atomic E-state index is 11.2. The van der Waals surface area contributed by atoms with Gasteiger partial charge in [-0.15, -0.1) is 0 Å². The van der Waals surface area contributed by atoms with Crippen LogP contribution in [0.25, 0.3) is 0 Å². The van der Waals surface area contributed by atoms with Crippen molar-refractivity contribution < 1.29 is 9.53 Å². The molecule has 1 atom stereocenters. The third-order valence-corrected chi connectivity index (χ3v) is 3.45. The summed E-state index contributed by atoms with van der Waals surface area (Å²) in [4.78, 5) is 15.8. The summed E-state index contributed by atoms with van der Waals surface area (Å²) in [6.45, 7) is 7.49. The first kappa shape index (κ1) is 14.6. The van der Waals surface area contributed by atoms with Gasteiger partial charge in [-0.05, 0) is 46.6 Å². The van der Waals surface area contributed by atoms with Crippen LogP contribution >= 0.6 is 0 Å². The second kappa shape index (κ2) is 7.09. The van der Waals surface area contributed by atoms with Gasteiger partial charge in [0.15, 0.2) is 0 Å². The SMILES string of the molecule is CCN(CCCN(C)C)CC1(C=O)CCOC1. The summed E-state index contributed by atoms with van der Waals surface area (Å²) in [5.74, 6) is 0. The average Bonchev–Trinajstić information content (AvgIpc) is 2.76. The molecule has 1 saturated heterocycles. The van der Waals surface area contributed by atoms with Crippen molar-refractivity contribution in [3.63, 3.8) is 0 Å². The van der Waals surface area contributed by atoms with Crippen molar-refractivity contribution in [2.45, 2.75) is 19.8 Å². The molecule has 4 heteroatoms. The lowest BCUT2D eigenvalue weighted by atomic mass is 9.88. The Bertz CT molecular complexity index is 225. The van der Waals surface area contributed by atoms with Crippen LogP contribution in [0.3, 0.4) is 0 Å². The van der Waals surface area contributed by atoms with E-state index in [-0.39, 0.29) is 5.41 Å². The minimum Gasteiger partial charge on any atom is -0.380 e. The zero-order chi connectivity index (χ0) is 12.7. The minimum atomic E-state index is -0.242. The number of carbonyl (C=O) groups is 1. The molecule has 0 amide bonds. The predicted molar refractivity (Wildman–Crippen MR) is 69.2 cm³/mol. The number of hydrogen-bond donors (Lipinski definition) is 0. The Morgan fingerprint density at radius 1 is 1.35 bits per heavy atom. The fraction of sp³-hybridized carbons (Fsp3) is 0.923. The van der Waals surface area contributed by atoms with Gasteiger partial charge in [-0.25, -0.2) is 0 Å². The molecule has 0 aromatic heterocycles. The molecule has 1 heterocycles. The molecule has 1 rings (SSSR count). The molecule has 17 heavy (non-hydrogen) atoms. The standard InChI is InChI=1S/C13H26N2O2/c1-4-15(8-5-7-14(2)3)10-13(11-16)6-9-17-12-13/h11H,4-10,12H2,1-3H3. The van der Waals surface area contributed by atoms with Crippen LogP contribution < -0.4 is 0 Å². The first-order valence-electron chi connectivity index (χ1n) is 6.53. The van der Waals surface area contributed by atoms with Gasteiger partial charge in [0.1, 0.15) is 6.29 Å². The van der Waals surface area contributed by atoms with Gasteiger partial charge in [-0.2, -0.15) is 0 Å². The molecule has 1 fully saturated rings. The van der Waals surface area contributed by atoms with Crippen molar-refractivity contribution in [2.24, 2.45) is 5.41 Å². The summed E-state index contributed by atoms with van der Waals surface area (Å²) in [6.07, 6.45) is 3.13. The van der Waals surface area contributed by atoms with Gasteiger partial charge in [-0.1, -0.05) is 6.92 Å². The lowest BCUT2D eigenvalue weighted by Crippen LogP contribution is -2.40. The van der Waals surface area contributed by atoms with Gasteiger partial charge in [-0.3, -0.25) is 0 Å². The molecule has 1 unspecified atom stereocenters. The summed E-state index contributed by atoms with van der Waals surface area (Å²) in [5, 5.41) is 0. The zero-order valence-corrected chi connectivity index (χ0v) is 11.4. The van der Waals surface area contributed by atoms with Crippen molar-refractivity contribution in [3.05, 3.63) is 0 Å². The van der Waals surface area contributed by atoms with Crippen LogP contribution in [-0.2, 0) is 9.53 Å². The second-order valence-corrected chi connectivity index (χ2v) is 5.31. The Hall–Kier alpha value is -0.450. The second-order valence-electron chi connectivity index (χ2n) is 5.31. The molecule has 0 spiro atoms. The number of ether oxygens (including phenoxy) is 1. The Morgan fingerprint density at radius 3 is 2.59 bits per heavy atom. The molecule has 1 aliphatic rings. The monoisotopic (exact) mass is 242 g/mol. The van der Waals surface area contributed by atoms with Crippen LogP contribution in [0.5, 0.6) is 0 Å². The lowest BCUT2D eigenvalue weighted by Gasteiger charge is -2.29. The third kappa shape index (κ3) is 4.74. The first-order chi connectivity index (χ1) is 8.12. The highest BCUT2D eigenvalue weighted by Gasteiger charge is 2.36. The van der Waals surface area contributed by atoms with E-state index in [1.807, 2.05) is 0 Å². The van der Waals surface area contributed by atoms with Crippen LogP contribution in [0, 0.1) is 5.41 Å². The van der Waals surface area contributed by atoms with Gasteiger partial charge < -0.3 is 19.3 Å². The summed E-state index contributed by atoms with van der Waals surface area (Å²) >= 11 is 0. The molecule has 4 nitrogen and oxygen atoms in total. The van der Waals surface area contributed by atoms with E-state index in [1.165, 1.54) is 0 Å². The fourth-order valence-corrected chi connectivity index (χ4v) is 2.28. The summed E-state index contributed by atoms with van der Waals surface area (Å²) < 4.78 is 5.37. The molecule has 1 aliphatic heterocycles. The highest BCUT2D eigenvalue weighted by atomic mass is 16.5. The van der Waals surface area contributed by atoms with Crippen LogP contribution in [0.1, 0.15) is 19.8 Å². The predicted octanol–water partition coefficient (Wildman–Crippen LogP) is 0.866. The van der Waals surface area contributed by atoms with E-state index in [0.717, 1.165) is 51.9 Å². The Morgan fingerprint density at radius 2 is 2.12 bits per heavy atom. The Kier molecular flexibility index (Phi) is 6.09. The first-order valence-corrected chi connectivity index (χ1v) is 6.53. The van der Waals surface area contributed by atoms with Crippen molar-refractivity contribution in [1.82, 2.24) is 9.80 Å². The number of hydrogen-bond acceptors (Lipinski definition) is 4. The number of rotatable bonds is 8. The highest BCUT2D eigenvalue weighted by Crippen LogP contribution is 2.27. The molecule has 100 valence electrons. The molecule has 0 aromatic rings. The quantitative estimate of drug-likeness (QED) is 0.591. The summed E-state index contributed by atoms with van der Waals surface area (Å²) in [7, 11) is 4.18. The summed E-state index contributed by atoms with van der Waals surface area (Å²) in [5.41, 5.74) is -0.242. The molecule has 0 bridgehead atoms. The van der Waals surface area contributed by atoms with Gasteiger partial charge in [0.2, 0.25) is 0 Å². The lowest BCUT2D eigenvalue weighted by molar-refractivity contribution is -0.117.